The summed E-state index contributed by atoms with van der Waals surface area (Å²) < 4.78 is 0. The van der Waals surface area contributed by atoms with Crippen LogP contribution >= 0.6 is 0 Å². The summed E-state index contributed by atoms with van der Waals surface area (Å²) >= 11 is 0. The molecule has 0 saturated heterocycles. The number of hydrogen-bond donors (Lipinski definition) is 2. The Morgan fingerprint density at radius 1 is 1.41 bits per heavy atom. The summed E-state index contributed by atoms with van der Waals surface area (Å²) in [6.07, 6.45) is 1.64. The van der Waals surface area contributed by atoms with Gasteiger partial charge in [-0.2, -0.15) is 0 Å². The minimum atomic E-state index is -0.414. The van der Waals surface area contributed by atoms with Gasteiger partial charge in [0, 0.05) is 5.69 Å². The molecule has 0 saturated carbocycles. The van der Waals surface area contributed by atoms with Crippen LogP contribution in [-0.4, -0.2) is 11.9 Å². The molecule has 0 aromatic heterocycles. The number of hydrogen-bond acceptors (Lipinski definition) is 2. The second-order valence-electron chi connectivity index (χ2n) is 4.66. The van der Waals surface area contributed by atoms with Crippen LogP contribution in [0.3, 0.4) is 0 Å². The van der Waals surface area contributed by atoms with Crippen LogP contribution in [0.25, 0.3) is 0 Å². The molecular weight excluding hydrogens is 212 g/mol. The molecule has 0 radical (unpaired) electrons. The first-order chi connectivity index (χ1) is 8.04. The molecule has 0 aliphatic heterocycles. The van der Waals surface area contributed by atoms with Gasteiger partial charge in [-0.05, 0) is 30.0 Å². The van der Waals surface area contributed by atoms with Crippen LogP contribution in [0.1, 0.15) is 45.1 Å². The van der Waals surface area contributed by atoms with Crippen molar-refractivity contribution in [2.45, 2.75) is 45.6 Å². The van der Waals surface area contributed by atoms with Gasteiger partial charge in [0.1, 0.15) is 0 Å². The lowest BCUT2D eigenvalue weighted by atomic mass is 10.0. The van der Waals surface area contributed by atoms with E-state index >= 15 is 0 Å². The number of anilines is 1. The van der Waals surface area contributed by atoms with E-state index in [-0.39, 0.29) is 5.91 Å². The zero-order valence-electron chi connectivity index (χ0n) is 10.9. The van der Waals surface area contributed by atoms with Crippen LogP contribution in [0.5, 0.6) is 0 Å². The van der Waals surface area contributed by atoms with Gasteiger partial charge in [-0.15, -0.1) is 0 Å². The molecule has 3 heteroatoms. The highest BCUT2D eigenvalue weighted by atomic mass is 16.2. The van der Waals surface area contributed by atoms with E-state index in [0.717, 1.165) is 18.5 Å². The zero-order valence-corrected chi connectivity index (χ0v) is 10.9. The van der Waals surface area contributed by atoms with Gasteiger partial charge in [0.15, 0.2) is 0 Å². The highest BCUT2D eigenvalue weighted by Crippen LogP contribution is 2.18. The number of carbonyl (C=O) groups excluding carboxylic acids is 1. The Morgan fingerprint density at radius 3 is 2.71 bits per heavy atom. The monoisotopic (exact) mass is 234 g/mol. The summed E-state index contributed by atoms with van der Waals surface area (Å²) in [6, 6.07) is 7.49. The lowest BCUT2D eigenvalue weighted by Crippen LogP contribution is -2.35. The van der Waals surface area contributed by atoms with Gasteiger partial charge < -0.3 is 11.1 Å². The third-order valence-electron chi connectivity index (χ3n) is 2.76. The molecule has 0 aliphatic rings. The van der Waals surface area contributed by atoms with E-state index in [4.69, 9.17) is 5.73 Å². The zero-order chi connectivity index (χ0) is 12.8. The number of rotatable bonds is 5. The van der Waals surface area contributed by atoms with Crippen molar-refractivity contribution in [1.29, 1.82) is 0 Å². The van der Waals surface area contributed by atoms with Gasteiger partial charge >= 0.3 is 0 Å². The second kappa shape index (κ2) is 6.40. The molecule has 1 unspecified atom stereocenters. The Morgan fingerprint density at radius 2 is 2.12 bits per heavy atom. The molecule has 3 N–H and O–H groups in total. The minimum absolute atomic E-state index is 0.104. The van der Waals surface area contributed by atoms with Gasteiger partial charge in [-0.3, -0.25) is 4.79 Å². The molecule has 17 heavy (non-hydrogen) atoms. The highest BCUT2D eigenvalue weighted by Gasteiger charge is 2.12. The first-order valence-corrected chi connectivity index (χ1v) is 6.21. The van der Waals surface area contributed by atoms with E-state index in [1.165, 1.54) is 5.56 Å². The van der Waals surface area contributed by atoms with Crippen molar-refractivity contribution in [2.24, 2.45) is 5.73 Å². The van der Waals surface area contributed by atoms with Crippen molar-refractivity contribution in [3.8, 4) is 0 Å². The van der Waals surface area contributed by atoms with Crippen molar-refractivity contribution < 1.29 is 4.79 Å². The Labute approximate surface area is 103 Å². The van der Waals surface area contributed by atoms with Crippen molar-refractivity contribution in [2.75, 3.05) is 5.32 Å². The Balaban J connectivity index is 2.68. The third-order valence-corrected chi connectivity index (χ3v) is 2.76. The molecular formula is C14H22N2O. The van der Waals surface area contributed by atoms with Gasteiger partial charge in [0.25, 0.3) is 0 Å². The van der Waals surface area contributed by atoms with Crippen LogP contribution in [0.2, 0.25) is 0 Å². The van der Waals surface area contributed by atoms with Gasteiger partial charge in [0.05, 0.1) is 6.04 Å². The van der Waals surface area contributed by atoms with Crippen LogP contribution in [-0.2, 0) is 4.79 Å². The first-order valence-electron chi connectivity index (χ1n) is 6.21. The number of nitrogens with two attached hydrogens (primary N) is 1. The summed E-state index contributed by atoms with van der Waals surface area (Å²) in [4.78, 5) is 11.7. The summed E-state index contributed by atoms with van der Waals surface area (Å²) in [5.41, 5.74) is 7.80. The molecule has 94 valence electrons. The summed E-state index contributed by atoms with van der Waals surface area (Å²) in [5, 5.41) is 2.86. The van der Waals surface area contributed by atoms with Gasteiger partial charge in [-0.25, -0.2) is 0 Å². The van der Waals surface area contributed by atoms with E-state index in [2.05, 4.69) is 25.2 Å². The van der Waals surface area contributed by atoms with Gasteiger partial charge in [-0.1, -0.05) is 39.3 Å². The predicted octanol–water partition coefficient (Wildman–Crippen LogP) is 2.88. The summed E-state index contributed by atoms with van der Waals surface area (Å²) in [5.74, 6) is 0.351. The number of nitrogens with one attached hydrogen (secondary N) is 1. The summed E-state index contributed by atoms with van der Waals surface area (Å²) in [7, 11) is 0. The number of benzene rings is 1. The maximum atomic E-state index is 11.7. The molecule has 1 aromatic carbocycles. The van der Waals surface area contributed by atoms with E-state index < -0.39 is 6.04 Å². The highest BCUT2D eigenvalue weighted by molar-refractivity contribution is 5.94. The molecule has 0 spiro atoms. The van der Waals surface area contributed by atoms with Crippen molar-refractivity contribution >= 4 is 11.6 Å². The van der Waals surface area contributed by atoms with Crippen LogP contribution in [0, 0.1) is 0 Å². The van der Waals surface area contributed by atoms with Crippen molar-refractivity contribution in [3.63, 3.8) is 0 Å². The molecule has 3 nitrogen and oxygen atoms in total. The van der Waals surface area contributed by atoms with Crippen LogP contribution in [0.4, 0.5) is 5.69 Å². The lowest BCUT2D eigenvalue weighted by molar-refractivity contribution is -0.117. The molecule has 1 amide bonds. The Bertz CT molecular complexity index is 374. The van der Waals surface area contributed by atoms with Crippen molar-refractivity contribution in [3.05, 3.63) is 29.8 Å². The van der Waals surface area contributed by atoms with Crippen molar-refractivity contribution in [1.82, 2.24) is 0 Å². The SMILES string of the molecule is CCCC(N)C(=O)Nc1cccc(C(C)C)c1. The standard InChI is InChI=1S/C14H22N2O/c1-4-6-13(15)14(17)16-12-8-5-7-11(9-12)10(2)3/h5,7-10,13H,4,6,15H2,1-3H3,(H,16,17). The second-order valence-corrected chi connectivity index (χ2v) is 4.66. The molecule has 1 rings (SSSR count). The van der Waals surface area contributed by atoms with Gasteiger partial charge in [0.2, 0.25) is 5.91 Å². The minimum Gasteiger partial charge on any atom is -0.325 e. The lowest BCUT2D eigenvalue weighted by Gasteiger charge is -2.13. The molecule has 1 atom stereocenters. The van der Waals surface area contributed by atoms with E-state index in [0.29, 0.717) is 5.92 Å². The largest absolute Gasteiger partial charge is 0.325 e. The molecule has 0 fully saturated rings. The molecule has 0 heterocycles. The average Bonchev–Trinajstić information content (AvgIpc) is 2.29. The quantitative estimate of drug-likeness (QED) is 0.823. The van der Waals surface area contributed by atoms with Crippen LogP contribution in [0.15, 0.2) is 24.3 Å². The topological polar surface area (TPSA) is 55.1 Å². The fourth-order valence-electron chi connectivity index (χ4n) is 1.65. The molecule has 0 aliphatic carbocycles. The predicted molar refractivity (Wildman–Crippen MR) is 72.0 cm³/mol. The molecule has 1 aromatic rings. The summed E-state index contributed by atoms with van der Waals surface area (Å²) in [6.45, 7) is 6.28. The normalized spacial score (nSPS) is 12.5. The number of amides is 1. The fourth-order valence-corrected chi connectivity index (χ4v) is 1.65. The average molecular weight is 234 g/mol. The first kappa shape index (κ1) is 13.7. The fraction of sp³-hybridized carbons (Fsp3) is 0.500. The Hall–Kier alpha value is -1.35. The van der Waals surface area contributed by atoms with E-state index in [9.17, 15) is 4.79 Å². The van der Waals surface area contributed by atoms with E-state index in [1.54, 1.807) is 0 Å². The number of carbonyl (C=O) groups is 1. The molecule has 0 bridgehead atoms. The third kappa shape index (κ3) is 4.19. The van der Waals surface area contributed by atoms with Crippen LogP contribution < -0.4 is 11.1 Å². The Kier molecular flexibility index (Phi) is 5.16. The smallest absolute Gasteiger partial charge is 0.241 e. The maximum Gasteiger partial charge on any atom is 0.241 e. The van der Waals surface area contributed by atoms with E-state index in [1.807, 2.05) is 25.1 Å². The maximum absolute atomic E-state index is 11.7.